The summed E-state index contributed by atoms with van der Waals surface area (Å²) in [7, 11) is 2.18. The van der Waals surface area contributed by atoms with E-state index in [1.165, 1.54) is 25.8 Å². The Morgan fingerprint density at radius 1 is 0.882 bits per heavy atom. The van der Waals surface area contributed by atoms with E-state index in [4.69, 9.17) is 4.74 Å². The van der Waals surface area contributed by atoms with Crippen molar-refractivity contribution in [3.63, 3.8) is 0 Å². The highest BCUT2D eigenvalue weighted by Crippen LogP contribution is 2.21. The number of hydrogen-bond acceptors (Lipinski definition) is 2. The monoisotopic (exact) mass is 243 g/mol. The Balaban J connectivity index is 3.44. The first-order valence-corrected chi connectivity index (χ1v) is 6.93. The molecule has 0 aliphatic rings. The third-order valence-electron chi connectivity index (χ3n) is 2.72. The highest BCUT2D eigenvalue weighted by Gasteiger charge is 2.11. The Bertz CT molecular complexity index is 188. The predicted octanol–water partition coefficient (Wildman–Crippen LogP) is 3.95. The SMILES string of the molecule is CN(CCCCC(C)(C)C)CCOC(C)(C)C. The molecule has 0 aromatic carbocycles. The highest BCUT2D eigenvalue weighted by molar-refractivity contribution is 4.63. The van der Waals surface area contributed by atoms with Gasteiger partial charge in [0.05, 0.1) is 12.2 Å². The molecule has 0 unspecified atom stereocenters. The minimum absolute atomic E-state index is 0.00687. The van der Waals surface area contributed by atoms with Crippen LogP contribution in [0.25, 0.3) is 0 Å². The third-order valence-corrected chi connectivity index (χ3v) is 2.72. The largest absolute Gasteiger partial charge is 0.375 e. The molecule has 0 N–H and O–H groups in total. The second kappa shape index (κ2) is 7.38. The molecule has 0 spiro atoms. The van der Waals surface area contributed by atoms with Gasteiger partial charge in [0, 0.05) is 6.54 Å². The zero-order valence-electron chi connectivity index (χ0n) is 13.1. The van der Waals surface area contributed by atoms with Crippen molar-refractivity contribution >= 4 is 0 Å². The smallest absolute Gasteiger partial charge is 0.0600 e. The lowest BCUT2D eigenvalue weighted by Crippen LogP contribution is -2.29. The van der Waals surface area contributed by atoms with Crippen LogP contribution in [-0.4, -0.2) is 37.2 Å². The van der Waals surface area contributed by atoms with Gasteiger partial charge in [0.2, 0.25) is 0 Å². The van der Waals surface area contributed by atoms with Crippen molar-refractivity contribution in [3.05, 3.63) is 0 Å². The fourth-order valence-corrected chi connectivity index (χ4v) is 1.66. The maximum atomic E-state index is 5.72. The average Bonchev–Trinajstić information content (AvgIpc) is 2.09. The van der Waals surface area contributed by atoms with Crippen molar-refractivity contribution in [2.24, 2.45) is 5.41 Å². The van der Waals surface area contributed by atoms with Crippen molar-refractivity contribution in [2.75, 3.05) is 26.7 Å². The summed E-state index contributed by atoms with van der Waals surface area (Å²) in [6.07, 6.45) is 3.94. The van der Waals surface area contributed by atoms with Crippen LogP contribution >= 0.6 is 0 Å². The van der Waals surface area contributed by atoms with Gasteiger partial charge in [0.25, 0.3) is 0 Å². The molecule has 104 valence electrons. The molecular weight excluding hydrogens is 210 g/mol. The summed E-state index contributed by atoms with van der Waals surface area (Å²) < 4.78 is 5.72. The standard InChI is InChI=1S/C15H33NO/c1-14(2,3)10-8-9-11-16(7)12-13-17-15(4,5)6/h8-13H2,1-7H3. The van der Waals surface area contributed by atoms with Gasteiger partial charge in [-0.25, -0.2) is 0 Å². The van der Waals surface area contributed by atoms with Crippen LogP contribution in [0.5, 0.6) is 0 Å². The van der Waals surface area contributed by atoms with E-state index in [9.17, 15) is 0 Å². The molecule has 0 saturated heterocycles. The van der Waals surface area contributed by atoms with Crippen LogP contribution in [-0.2, 0) is 4.74 Å². The average molecular weight is 243 g/mol. The number of likely N-dealkylation sites (N-methyl/N-ethyl adjacent to an activating group) is 1. The van der Waals surface area contributed by atoms with Gasteiger partial charge < -0.3 is 9.64 Å². The first kappa shape index (κ1) is 16.9. The molecule has 0 bridgehead atoms. The van der Waals surface area contributed by atoms with E-state index in [1.807, 2.05) is 0 Å². The second-order valence-electron chi connectivity index (χ2n) is 7.28. The molecule has 2 heteroatoms. The van der Waals surface area contributed by atoms with Crippen LogP contribution in [0.1, 0.15) is 60.8 Å². The summed E-state index contributed by atoms with van der Waals surface area (Å²) in [6, 6.07) is 0. The van der Waals surface area contributed by atoms with Gasteiger partial charge in [0.15, 0.2) is 0 Å². The van der Waals surface area contributed by atoms with Crippen molar-refractivity contribution in [2.45, 2.75) is 66.4 Å². The lowest BCUT2D eigenvalue weighted by molar-refractivity contribution is -0.0108. The zero-order valence-corrected chi connectivity index (χ0v) is 13.1. The Hall–Kier alpha value is -0.0800. The highest BCUT2D eigenvalue weighted by atomic mass is 16.5. The topological polar surface area (TPSA) is 12.5 Å². The molecule has 0 aromatic heterocycles. The number of ether oxygens (including phenoxy) is 1. The number of nitrogens with zero attached hydrogens (tertiary/aromatic N) is 1. The van der Waals surface area contributed by atoms with Gasteiger partial charge in [-0.05, 0) is 52.6 Å². The van der Waals surface area contributed by atoms with E-state index in [1.54, 1.807) is 0 Å². The molecule has 0 saturated carbocycles. The van der Waals surface area contributed by atoms with Crippen LogP contribution in [0, 0.1) is 5.41 Å². The maximum Gasteiger partial charge on any atom is 0.0600 e. The van der Waals surface area contributed by atoms with E-state index >= 15 is 0 Å². The molecule has 0 heterocycles. The number of unbranched alkanes of at least 4 members (excludes halogenated alkanes) is 1. The molecule has 2 nitrogen and oxygen atoms in total. The third kappa shape index (κ3) is 13.9. The molecule has 17 heavy (non-hydrogen) atoms. The van der Waals surface area contributed by atoms with Crippen LogP contribution < -0.4 is 0 Å². The van der Waals surface area contributed by atoms with Crippen LogP contribution in [0.2, 0.25) is 0 Å². The minimum atomic E-state index is -0.00687. The van der Waals surface area contributed by atoms with Crippen molar-refractivity contribution in [3.8, 4) is 0 Å². The molecule has 0 fully saturated rings. The molecular formula is C15H33NO. The van der Waals surface area contributed by atoms with Gasteiger partial charge in [-0.2, -0.15) is 0 Å². The summed E-state index contributed by atoms with van der Waals surface area (Å²) in [5, 5.41) is 0. The minimum Gasteiger partial charge on any atom is -0.375 e. The molecule has 0 amide bonds. The first-order valence-electron chi connectivity index (χ1n) is 6.93. The summed E-state index contributed by atoms with van der Waals surface area (Å²) in [6.45, 7) is 16.3. The second-order valence-corrected chi connectivity index (χ2v) is 7.28. The lowest BCUT2D eigenvalue weighted by atomic mass is 9.90. The fraction of sp³-hybridized carbons (Fsp3) is 1.00. The Labute approximate surface area is 109 Å². The zero-order chi connectivity index (χ0) is 13.5. The summed E-state index contributed by atoms with van der Waals surface area (Å²) in [5.74, 6) is 0. The van der Waals surface area contributed by atoms with Crippen LogP contribution in [0.3, 0.4) is 0 Å². The molecule has 0 rings (SSSR count). The van der Waals surface area contributed by atoms with Crippen LogP contribution in [0.15, 0.2) is 0 Å². The van der Waals surface area contributed by atoms with Gasteiger partial charge >= 0.3 is 0 Å². The van der Waals surface area contributed by atoms with E-state index in [0.29, 0.717) is 5.41 Å². The van der Waals surface area contributed by atoms with Crippen molar-refractivity contribution < 1.29 is 4.74 Å². The van der Waals surface area contributed by atoms with Gasteiger partial charge in [-0.1, -0.05) is 27.2 Å². The first-order chi connectivity index (χ1) is 7.60. The van der Waals surface area contributed by atoms with Crippen molar-refractivity contribution in [1.29, 1.82) is 0 Å². The maximum absolute atomic E-state index is 5.72. The lowest BCUT2D eigenvalue weighted by Gasteiger charge is -2.23. The number of rotatable bonds is 7. The molecule has 0 aliphatic carbocycles. The van der Waals surface area contributed by atoms with Gasteiger partial charge in [0.1, 0.15) is 0 Å². The molecule has 0 atom stereocenters. The molecule has 0 radical (unpaired) electrons. The quantitative estimate of drug-likeness (QED) is 0.628. The summed E-state index contributed by atoms with van der Waals surface area (Å²) >= 11 is 0. The molecule has 0 aromatic rings. The van der Waals surface area contributed by atoms with E-state index in [0.717, 1.165) is 13.2 Å². The Kier molecular flexibility index (Phi) is 7.34. The van der Waals surface area contributed by atoms with E-state index < -0.39 is 0 Å². The van der Waals surface area contributed by atoms with E-state index in [-0.39, 0.29) is 5.60 Å². The number of hydrogen-bond donors (Lipinski definition) is 0. The van der Waals surface area contributed by atoms with Gasteiger partial charge in [-0.15, -0.1) is 0 Å². The Morgan fingerprint density at radius 3 is 1.94 bits per heavy atom. The fourth-order valence-electron chi connectivity index (χ4n) is 1.66. The Morgan fingerprint density at radius 2 is 1.47 bits per heavy atom. The molecule has 0 aliphatic heterocycles. The summed E-state index contributed by atoms with van der Waals surface area (Å²) in [4.78, 5) is 2.37. The summed E-state index contributed by atoms with van der Waals surface area (Å²) in [5.41, 5.74) is 0.473. The van der Waals surface area contributed by atoms with Crippen LogP contribution in [0.4, 0.5) is 0 Å². The van der Waals surface area contributed by atoms with E-state index in [2.05, 4.69) is 53.5 Å². The van der Waals surface area contributed by atoms with Gasteiger partial charge in [-0.3, -0.25) is 0 Å². The van der Waals surface area contributed by atoms with Crippen molar-refractivity contribution in [1.82, 2.24) is 4.90 Å². The predicted molar refractivity (Wildman–Crippen MR) is 76.5 cm³/mol. The normalized spacial score (nSPS) is 13.4.